The number of ether oxygens (including phenoxy) is 1. The van der Waals surface area contributed by atoms with Gasteiger partial charge in [-0.1, -0.05) is 0 Å². The number of amides is 2. The van der Waals surface area contributed by atoms with Crippen LogP contribution in [0, 0.1) is 10.1 Å². The summed E-state index contributed by atoms with van der Waals surface area (Å²) in [6.07, 6.45) is 2.01. The molecule has 0 spiro atoms. The number of carbonyl (C=O) groups is 1. The molecule has 2 atom stereocenters. The fourth-order valence-corrected chi connectivity index (χ4v) is 2.13. The van der Waals surface area contributed by atoms with Crippen molar-refractivity contribution in [3.63, 3.8) is 0 Å². The van der Waals surface area contributed by atoms with Gasteiger partial charge >= 0.3 is 6.03 Å². The van der Waals surface area contributed by atoms with Crippen LogP contribution in [-0.2, 0) is 4.74 Å². The van der Waals surface area contributed by atoms with E-state index < -0.39 is 4.92 Å². The second-order valence-electron chi connectivity index (χ2n) is 4.74. The van der Waals surface area contributed by atoms with Crippen LogP contribution in [-0.4, -0.2) is 29.7 Å². The quantitative estimate of drug-likeness (QED) is 0.653. The highest BCUT2D eigenvalue weighted by molar-refractivity contribution is 5.89. The smallest absolute Gasteiger partial charge is 0.319 e. The summed E-state index contributed by atoms with van der Waals surface area (Å²) in [7, 11) is 0. The van der Waals surface area contributed by atoms with Crippen LogP contribution in [0.2, 0.25) is 0 Å². The highest BCUT2D eigenvalue weighted by Gasteiger charge is 2.23. The van der Waals surface area contributed by atoms with Gasteiger partial charge in [-0.15, -0.1) is 0 Å². The average Bonchev–Trinajstić information content (AvgIpc) is 2.93. The van der Waals surface area contributed by atoms with E-state index in [1.165, 1.54) is 24.3 Å². The summed E-state index contributed by atoms with van der Waals surface area (Å²) in [6.45, 7) is 2.63. The Morgan fingerprint density at radius 3 is 2.70 bits per heavy atom. The van der Waals surface area contributed by atoms with Crippen molar-refractivity contribution in [2.45, 2.75) is 31.9 Å². The van der Waals surface area contributed by atoms with E-state index in [2.05, 4.69) is 10.6 Å². The predicted molar refractivity (Wildman–Crippen MR) is 73.7 cm³/mol. The summed E-state index contributed by atoms with van der Waals surface area (Å²) in [5.41, 5.74) is 0.497. The number of nitro groups is 1. The monoisotopic (exact) mass is 279 g/mol. The van der Waals surface area contributed by atoms with Crippen molar-refractivity contribution < 1.29 is 14.5 Å². The Labute approximate surface area is 116 Å². The Morgan fingerprint density at radius 1 is 1.45 bits per heavy atom. The molecule has 108 valence electrons. The molecular formula is C13H17N3O4. The first-order chi connectivity index (χ1) is 9.56. The van der Waals surface area contributed by atoms with Crippen LogP contribution >= 0.6 is 0 Å². The largest absolute Gasteiger partial charge is 0.376 e. The third-order valence-corrected chi connectivity index (χ3v) is 3.22. The SMILES string of the molecule is C[C@@H](NC(=O)Nc1ccc([N+](=O)[O-])cc1)[C@@H]1CCCO1. The van der Waals surface area contributed by atoms with Gasteiger partial charge in [0, 0.05) is 24.4 Å². The number of nitro benzene ring substituents is 1. The summed E-state index contributed by atoms with van der Waals surface area (Å²) >= 11 is 0. The predicted octanol–water partition coefficient (Wildman–Crippen LogP) is 2.28. The molecule has 1 aromatic rings. The van der Waals surface area contributed by atoms with Crippen LogP contribution in [0.25, 0.3) is 0 Å². The van der Waals surface area contributed by atoms with E-state index in [-0.39, 0.29) is 23.9 Å². The van der Waals surface area contributed by atoms with Gasteiger partial charge in [-0.3, -0.25) is 10.1 Å². The molecule has 0 radical (unpaired) electrons. The number of anilines is 1. The van der Waals surface area contributed by atoms with Crippen molar-refractivity contribution in [3.05, 3.63) is 34.4 Å². The van der Waals surface area contributed by atoms with Gasteiger partial charge in [0.2, 0.25) is 0 Å². The highest BCUT2D eigenvalue weighted by atomic mass is 16.6. The number of non-ortho nitro benzene ring substituents is 1. The molecule has 1 aliphatic rings. The maximum absolute atomic E-state index is 11.8. The summed E-state index contributed by atoms with van der Waals surface area (Å²) in [4.78, 5) is 21.8. The number of urea groups is 1. The summed E-state index contributed by atoms with van der Waals surface area (Å²) < 4.78 is 5.49. The zero-order valence-electron chi connectivity index (χ0n) is 11.2. The number of benzene rings is 1. The van der Waals surface area contributed by atoms with Crippen molar-refractivity contribution in [2.75, 3.05) is 11.9 Å². The molecule has 20 heavy (non-hydrogen) atoms. The number of nitrogens with zero attached hydrogens (tertiary/aromatic N) is 1. The van der Waals surface area contributed by atoms with Crippen molar-refractivity contribution in [2.24, 2.45) is 0 Å². The topological polar surface area (TPSA) is 93.5 Å². The number of hydrogen-bond donors (Lipinski definition) is 2. The Balaban J connectivity index is 1.85. The normalized spacial score (nSPS) is 19.4. The minimum atomic E-state index is -0.483. The second-order valence-corrected chi connectivity index (χ2v) is 4.74. The van der Waals surface area contributed by atoms with Gasteiger partial charge in [0.25, 0.3) is 5.69 Å². The molecule has 0 bridgehead atoms. The van der Waals surface area contributed by atoms with Crippen LogP contribution in [0.1, 0.15) is 19.8 Å². The van der Waals surface area contributed by atoms with Crippen molar-refractivity contribution in [1.29, 1.82) is 0 Å². The van der Waals surface area contributed by atoms with Crippen LogP contribution in [0.4, 0.5) is 16.2 Å². The molecule has 7 heteroatoms. The number of hydrogen-bond acceptors (Lipinski definition) is 4. The lowest BCUT2D eigenvalue weighted by atomic mass is 10.1. The molecule has 1 aromatic carbocycles. The van der Waals surface area contributed by atoms with E-state index in [4.69, 9.17) is 4.74 Å². The first-order valence-corrected chi connectivity index (χ1v) is 6.50. The number of rotatable bonds is 4. The molecule has 0 aromatic heterocycles. The zero-order chi connectivity index (χ0) is 14.5. The van der Waals surface area contributed by atoms with E-state index in [0.717, 1.165) is 19.4 Å². The Morgan fingerprint density at radius 2 is 2.15 bits per heavy atom. The van der Waals surface area contributed by atoms with Gasteiger partial charge < -0.3 is 15.4 Å². The minimum absolute atomic E-state index is 0.0105. The lowest BCUT2D eigenvalue weighted by molar-refractivity contribution is -0.384. The fourth-order valence-electron chi connectivity index (χ4n) is 2.13. The molecular weight excluding hydrogens is 262 g/mol. The van der Waals surface area contributed by atoms with Crippen LogP contribution in [0.3, 0.4) is 0 Å². The summed E-state index contributed by atoms with van der Waals surface area (Å²) in [6, 6.07) is 5.26. The van der Waals surface area contributed by atoms with Gasteiger partial charge in [0.05, 0.1) is 17.1 Å². The van der Waals surface area contributed by atoms with E-state index >= 15 is 0 Å². The molecule has 1 saturated heterocycles. The van der Waals surface area contributed by atoms with Crippen molar-refractivity contribution in [3.8, 4) is 0 Å². The number of carbonyl (C=O) groups excluding carboxylic acids is 1. The van der Waals surface area contributed by atoms with E-state index in [9.17, 15) is 14.9 Å². The first kappa shape index (κ1) is 14.3. The third-order valence-electron chi connectivity index (χ3n) is 3.22. The van der Waals surface area contributed by atoms with Crippen LogP contribution in [0.5, 0.6) is 0 Å². The average molecular weight is 279 g/mol. The van der Waals surface area contributed by atoms with Gasteiger partial charge in [0.15, 0.2) is 0 Å². The standard InChI is InChI=1S/C13H17N3O4/c1-9(12-3-2-8-20-12)14-13(17)15-10-4-6-11(7-5-10)16(18)19/h4-7,9,12H,2-3,8H2,1H3,(H2,14,15,17)/t9-,12+/m1/s1. The lowest BCUT2D eigenvalue weighted by Gasteiger charge is -2.20. The van der Waals surface area contributed by atoms with E-state index in [1.807, 2.05) is 6.92 Å². The van der Waals surface area contributed by atoms with Gasteiger partial charge in [-0.2, -0.15) is 0 Å². The molecule has 0 unspecified atom stereocenters. The molecule has 1 fully saturated rings. The fraction of sp³-hybridized carbons (Fsp3) is 0.462. The summed E-state index contributed by atoms with van der Waals surface area (Å²) in [5.74, 6) is 0. The van der Waals surface area contributed by atoms with Gasteiger partial charge in [-0.25, -0.2) is 4.79 Å². The van der Waals surface area contributed by atoms with E-state index in [1.54, 1.807) is 0 Å². The second kappa shape index (κ2) is 6.33. The maximum Gasteiger partial charge on any atom is 0.319 e. The Kier molecular flexibility index (Phi) is 4.52. The molecule has 2 rings (SSSR count). The zero-order valence-corrected chi connectivity index (χ0v) is 11.2. The van der Waals surface area contributed by atoms with E-state index in [0.29, 0.717) is 5.69 Å². The van der Waals surface area contributed by atoms with Crippen LogP contribution in [0.15, 0.2) is 24.3 Å². The lowest BCUT2D eigenvalue weighted by Crippen LogP contribution is -2.42. The number of nitrogens with one attached hydrogen (secondary N) is 2. The van der Waals surface area contributed by atoms with Gasteiger partial charge in [-0.05, 0) is 31.9 Å². The minimum Gasteiger partial charge on any atom is -0.376 e. The first-order valence-electron chi connectivity index (χ1n) is 6.50. The Bertz CT molecular complexity index is 483. The molecule has 0 saturated carbocycles. The highest BCUT2D eigenvalue weighted by Crippen LogP contribution is 2.17. The molecule has 1 aliphatic heterocycles. The molecule has 7 nitrogen and oxygen atoms in total. The van der Waals surface area contributed by atoms with Crippen LogP contribution < -0.4 is 10.6 Å². The molecule has 2 N–H and O–H groups in total. The third kappa shape index (κ3) is 3.67. The molecule has 1 heterocycles. The Hall–Kier alpha value is -2.15. The summed E-state index contributed by atoms with van der Waals surface area (Å²) in [5, 5.41) is 16.0. The molecule has 2 amide bonds. The maximum atomic E-state index is 11.8. The van der Waals surface area contributed by atoms with Crippen molar-refractivity contribution >= 4 is 17.4 Å². The van der Waals surface area contributed by atoms with Crippen molar-refractivity contribution in [1.82, 2.24) is 5.32 Å². The van der Waals surface area contributed by atoms with Gasteiger partial charge in [0.1, 0.15) is 0 Å². The molecule has 0 aliphatic carbocycles.